The van der Waals surface area contributed by atoms with Crippen LogP contribution in [0.3, 0.4) is 0 Å². The van der Waals surface area contributed by atoms with Gasteiger partial charge in [0.1, 0.15) is 5.75 Å². The van der Waals surface area contributed by atoms with Gasteiger partial charge in [0.15, 0.2) is 6.61 Å². The fraction of sp³-hybridized carbons (Fsp3) is 0.500. The normalized spacial score (nSPS) is 12.4. The van der Waals surface area contributed by atoms with Crippen LogP contribution in [0.5, 0.6) is 5.75 Å². The summed E-state index contributed by atoms with van der Waals surface area (Å²) in [5.74, 6) is 2.08. The molecule has 2 rings (SSSR count). The summed E-state index contributed by atoms with van der Waals surface area (Å²) in [7, 11) is 0. The minimum absolute atomic E-state index is 0.144. The Kier molecular flexibility index (Phi) is 5.33. The molecule has 2 aromatic rings. The first-order chi connectivity index (χ1) is 10.1. The lowest BCUT2D eigenvalue weighted by atomic mass is 10.0. The highest BCUT2D eigenvalue weighted by atomic mass is 16.5. The third-order valence-corrected chi connectivity index (χ3v) is 3.46. The molecule has 0 amide bonds. The van der Waals surface area contributed by atoms with Crippen LogP contribution in [0.25, 0.3) is 0 Å². The lowest BCUT2D eigenvalue weighted by Gasteiger charge is -2.15. The second-order valence-electron chi connectivity index (χ2n) is 5.18. The number of aromatic nitrogens is 2. The van der Waals surface area contributed by atoms with Gasteiger partial charge in [-0.25, -0.2) is 0 Å². The maximum Gasteiger partial charge on any atom is 0.226 e. The molecule has 0 saturated carbocycles. The molecule has 1 heterocycles. The third-order valence-electron chi connectivity index (χ3n) is 3.46. The second kappa shape index (κ2) is 7.22. The number of para-hydroxylation sites is 1. The van der Waals surface area contributed by atoms with Crippen molar-refractivity contribution in [3.05, 3.63) is 41.0 Å². The number of rotatable bonds is 7. The molecule has 0 radical (unpaired) electrons. The van der Waals surface area contributed by atoms with E-state index in [2.05, 4.69) is 23.1 Å². The van der Waals surface area contributed by atoms with Gasteiger partial charge in [-0.2, -0.15) is 4.98 Å². The molecule has 1 aromatic carbocycles. The molecule has 1 unspecified atom stereocenters. The summed E-state index contributed by atoms with van der Waals surface area (Å²) in [5.41, 5.74) is 8.28. The zero-order valence-corrected chi connectivity index (χ0v) is 12.9. The molecular weight excluding hydrogens is 266 g/mol. The van der Waals surface area contributed by atoms with Gasteiger partial charge in [0.2, 0.25) is 11.7 Å². The van der Waals surface area contributed by atoms with Crippen LogP contribution in [0.2, 0.25) is 0 Å². The summed E-state index contributed by atoms with van der Waals surface area (Å²) in [6.45, 7) is 6.41. The van der Waals surface area contributed by atoms with Crippen molar-refractivity contribution in [3.63, 3.8) is 0 Å². The first-order valence-corrected chi connectivity index (χ1v) is 7.42. The highest BCUT2D eigenvalue weighted by Gasteiger charge is 2.12. The van der Waals surface area contributed by atoms with E-state index in [1.807, 2.05) is 26.0 Å². The van der Waals surface area contributed by atoms with E-state index in [0.717, 1.165) is 36.1 Å². The molecule has 2 N–H and O–H groups in total. The topological polar surface area (TPSA) is 74.2 Å². The van der Waals surface area contributed by atoms with Crippen LogP contribution in [0.4, 0.5) is 0 Å². The fourth-order valence-electron chi connectivity index (χ4n) is 2.14. The summed E-state index contributed by atoms with van der Waals surface area (Å²) in [6.07, 6.45) is 2.48. The van der Waals surface area contributed by atoms with Crippen molar-refractivity contribution in [1.29, 1.82) is 0 Å². The van der Waals surface area contributed by atoms with Crippen LogP contribution in [0.15, 0.2) is 22.7 Å². The smallest absolute Gasteiger partial charge is 0.226 e. The molecule has 5 heteroatoms. The number of hydrogen-bond donors (Lipinski definition) is 1. The van der Waals surface area contributed by atoms with Crippen molar-refractivity contribution in [2.45, 2.75) is 52.7 Å². The molecule has 114 valence electrons. The average Bonchev–Trinajstić information content (AvgIpc) is 2.94. The van der Waals surface area contributed by atoms with Gasteiger partial charge in [-0.3, -0.25) is 0 Å². The monoisotopic (exact) mass is 289 g/mol. The van der Waals surface area contributed by atoms with Crippen molar-refractivity contribution in [1.82, 2.24) is 10.1 Å². The minimum Gasteiger partial charge on any atom is -0.485 e. The Bertz CT molecular complexity index is 581. The van der Waals surface area contributed by atoms with Crippen LogP contribution < -0.4 is 10.5 Å². The van der Waals surface area contributed by atoms with Gasteiger partial charge in [0.05, 0.1) is 0 Å². The molecular formula is C16H23N3O2. The molecule has 0 aliphatic carbocycles. The highest BCUT2D eigenvalue weighted by Crippen LogP contribution is 2.25. The van der Waals surface area contributed by atoms with Crippen LogP contribution >= 0.6 is 0 Å². The molecule has 0 spiro atoms. The van der Waals surface area contributed by atoms with E-state index in [4.69, 9.17) is 15.0 Å². The average molecular weight is 289 g/mol. The lowest BCUT2D eigenvalue weighted by Crippen LogP contribution is -2.21. The Morgan fingerprint density at radius 2 is 2.14 bits per heavy atom. The van der Waals surface area contributed by atoms with E-state index in [0.29, 0.717) is 18.3 Å². The lowest BCUT2D eigenvalue weighted by molar-refractivity contribution is 0.280. The van der Waals surface area contributed by atoms with Gasteiger partial charge >= 0.3 is 0 Å². The Morgan fingerprint density at radius 1 is 1.33 bits per heavy atom. The van der Waals surface area contributed by atoms with E-state index < -0.39 is 0 Å². The molecule has 1 atom stereocenters. The van der Waals surface area contributed by atoms with E-state index in [-0.39, 0.29) is 6.04 Å². The van der Waals surface area contributed by atoms with E-state index in [9.17, 15) is 0 Å². The first-order valence-electron chi connectivity index (χ1n) is 7.42. The summed E-state index contributed by atoms with van der Waals surface area (Å²) < 4.78 is 11.0. The highest BCUT2D eigenvalue weighted by molar-refractivity contribution is 5.41. The third kappa shape index (κ3) is 4.04. The van der Waals surface area contributed by atoms with Gasteiger partial charge in [-0.15, -0.1) is 0 Å². The number of benzene rings is 1. The van der Waals surface area contributed by atoms with Gasteiger partial charge in [0, 0.05) is 12.5 Å². The van der Waals surface area contributed by atoms with Crippen molar-refractivity contribution >= 4 is 0 Å². The Morgan fingerprint density at radius 3 is 2.81 bits per heavy atom. The predicted molar refractivity (Wildman–Crippen MR) is 81.2 cm³/mol. The summed E-state index contributed by atoms with van der Waals surface area (Å²) >= 11 is 0. The molecule has 0 aliphatic heterocycles. The van der Waals surface area contributed by atoms with E-state index in [1.54, 1.807) is 0 Å². The van der Waals surface area contributed by atoms with Crippen LogP contribution in [0, 0.1) is 6.92 Å². The van der Waals surface area contributed by atoms with Crippen LogP contribution in [-0.2, 0) is 19.4 Å². The number of ether oxygens (including phenoxy) is 1. The molecule has 21 heavy (non-hydrogen) atoms. The summed E-state index contributed by atoms with van der Waals surface area (Å²) in [6, 6.07) is 6.27. The van der Waals surface area contributed by atoms with Crippen molar-refractivity contribution < 1.29 is 9.26 Å². The number of hydrogen-bond acceptors (Lipinski definition) is 5. The van der Waals surface area contributed by atoms with Gasteiger partial charge < -0.3 is 15.0 Å². The quantitative estimate of drug-likeness (QED) is 0.848. The molecule has 0 saturated heterocycles. The van der Waals surface area contributed by atoms with Crippen LogP contribution in [-0.4, -0.2) is 16.2 Å². The standard InChI is InChI=1S/C16H23N3O2/c1-4-13(17)9-12-8-6-7-11(3)16(12)20-10-14-18-15(5-2)21-19-14/h6-8,13H,4-5,9-10,17H2,1-3H3. The van der Waals surface area contributed by atoms with Crippen molar-refractivity contribution in [2.24, 2.45) is 5.73 Å². The number of nitrogens with zero attached hydrogens (tertiary/aromatic N) is 2. The molecule has 0 aliphatic rings. The minimum atomic E-state index is 0.144. The number of aryl methyl sites for hydroxylation is 2. The maximum atomic E-state index is 6.06. The van der Waals surface area contributed by atoms with Gasteiger partial charge in [0.25, 0.3) is 0 Å². The van der Waals surface area contributed by atoms with Crippen molar-refractivity contribution in [3.8, 4) is 5.75 Å². The second-order valence-corrected chi connectivity index (χ2v) is 5.18. The molecule has 0 bridgehead atoms. The fourth-order valence-corrected chi connectivity index (χ4v) is 2.14. The Balaban J connectivity index is 2.10. The first kappa shape index (κ1) is 15.5. The van der Waals surface area contributed by atoms with E-state index in [1.165, 1.54) is 0 Å². The predicted octanol–water partition coefficient (Wildman–Crippen LogP) is 2.80. The van der Waals surface area contributed by atoms with Gasteiger partial charge in [-0.05, 0) is 30.9 Å². The molecule has 5 nitrogen and oxygen atoms in total. The zero-order valence-electron chi connectivity index (χ0n) is 12.9. The van der Waals surface area contributed by atoms with Crippen LogP contribution in [0.1, 0.15) is 43.1 Å². The largest absolute Gasteiger partial charge is 0.485 e. The Hall–Kier alpha value is -1.88. The molecule has 0 fully saturated rings. The number of nitrogens with two attached hydrogens (primary N) is 1. The van der Waals surface area contributed by atoms with Gasteiger partial charge in [-0.1, -0.05) is 37.2 Å². The SMILES string of the molecule is CCc1nc(COc2c(C)cccc2CC(N)CC)no1. The maximum absolute atomic E-state index is 6.06. The summed E-state index contributed by atoms with van der Waals surface area (Å²) in [4.78, 5) is 4.25. The zero-order chi connectivity index (χ0) is 15.2. The van der Waals surface area contributed by atoms with Crippen molar-refractivity contribution in [2.75, 3.05) is 0 Å². The summed E-state index contributed by atoms with van der Waals surface area (Å²) in [5, 5.41) is 3.90. The van der Waals surface area contributed by atoms with E-state index >= 15 is 0 Å². The Labute approximate surface area is 125 Å². The molecule has 1 aromatic heterocycles.